The van der Waals surface area contributed by atoms with Crippen LogP contribution < -0.4 is 0 Å². The van der Waals surface area contributed by atoms with Crippen molar-refractivity contribution in [3.8, 4) is 67.5 Å². The summed E-state index contributed by atoms with van der Waals surface area (Å²) >= 11 is 0. The van der Waals surface area contributed by atoms with Gasteiger partial charge in [-0.15, -0.1) is 0 Å². The number of fused-ring (bicyclic) bond motifs is 3. The molecule has 9 aromatic rings. The lowest BCUT2D eigenvalue weighted by molar-refractivity contribution is 0.669. The summed E-state index contributed by atoms with van der Waals surface area (Å²) in [6.45, 7) is 0. The van der Waals surface area contributed by atoms with E-state index in [2.05, 4.69) is 127 Å². The molecular weight excluding hydrogens is 599 g/mol. The van der Waals surface area contributed by atoms with Gasteiger partial charge < -0.3 is 4.42 Å². The number of para-hydroxylation sites is 1. The lowest BCUT2D eigenvalue weighted by Crippen LogP contribution is -2.01. The van der Waals surface area contributed by atoms with Crippen LogP contribution in [0.1, 0.15) is 0 Å². The molecule has 49 heavy (non-hydrogen) atoms. The van der Waals surface area contributed by atoms with Crippen LogP contribution in [-0.2, 0) is 0 Å². The largest absolute Gasteiger partial charge is 0.456 e. The monoisotopic (exact) mass is 627 g/mol. The Morgan fingerprint density at radius 1 is 0.306 bits per heavy atom. The maximum absolute atomic E-state index is 6.27. The lowest BCUT2D eigenvalue weighted by atomic mass is 9.95. The molecule has 0 aliphatic rings. The van der Waals surface area contributed by atoms with Crippen molar-refractivity contribution >= 4 is 21.9 Å². The number of benzene rings is 7. The van der Waals surface area contributed by atoms with Crippen LogP contribution in [0.4, 0.5) is 0 Å². The molecule has 0 fully saturated rings. The van der Waals surface area contributed by atoms with Crippen molar-refractivity contribution < 1.29 is 4.42 Å². The highest BCUT2D eigenvalue weighted by Crippen LogP contribution is 2.38. The molecule has 4 heteroatoms. The molecular formula is C45H29N3O. The van der Waals surface area contributed by atoms with Gasteiger partial charge in [-0.3, -0.25) is 0 Å². The fraction of sp³-hybridized carbons (Fsp3) is 0. The van der Waals surface area contributed by atoms with Gasteiger partial charge in [-0.2, -0.15) is 0 Å². The van der Waals surface area contributed by atoms with Gasteiger partial charge in [0.05, 0.1) is 0 Å². The predicted octanol–water partition coefficient (Wildman–Crippen LogP) is 11.8. The maximum Gasteiger partial charge on any atom is 0.164 e. The Balaban J connectivity index is 1.30. The molecule has 7 aromatic carbocycles. The van der Waals surface area contributed by atoms with Gasteiger partial charge in [0, 0.05) is 27.5 Å². The molecule has 0 spiro atoms. The van der Waals surface area contributed by atoms with Crippen LogP contribution in [-0.4, -0.2) is 15.0 Å². The van der Waals surface area contributed by atoms with E-state index in [-0.39, 0.29) is 0 Å². The molecule has 0 unspecified atom stereocenters. The Morgan fingerprint density at radius 3 is 1.43 bits per heavy atom. The first-order chi connectivity index (χ1) is 24.3. The second-order valence-corrected chi connectivity index (χ2v) is 12.1. The zero-order valence-electron chi connectivity index (χ0n) is 26.5. The normalized spacial score (nSPS) is 11.3. The van der Waals surface area contributed by atoms with Crippen LogP contribution in [0.25, 0.3) is 89.5 Å². The Kier molecular flexibility index (Phi) is 7.10. The molecule has 0 saturated carbocycles. The standard InChI is InChI=1S/C45H29N3O/c1-4-14-30(15-5-1)33-20-12-21-34(26-33)43-46-44(48-45(47-43)39-23-13-25-41-42(39)38-22-10-11-24-40(38)49-41)37-28-35(31-16-6-2-7-17-31)27-36(29-37)32-18-8-3-9-19-32/h1-29H. The number of furan rings is 1. The highest BCUT2D eigenvalue weighted by molar-refractivity contribution is 6.11. The first-order valence-electron chi connectivity index (χ1n) is 16.4. The first kappa shape index (κ1) is 28.6. The van der Waals surface area contributed by atoms with Gasteiger partial charge in [-0.1, -0.05) is 140 Å². The van der Waals surface area contributed by atoms with Gasteiger partial charge in [0.2, 0.25) is 0 Å². The van der Waals surface area contributed by atoms with Crippen molar-refractivity contribution in [2.45, 2.75) is 0 Å². The summed E-state index contributed by atoms with van der Waals surface area (Å²) in [5.41, 5.74) is 11.0. The molecule has 0 aliphatic carbocycles. The van der Waals surface area contributed by atoms with Gasteiger partial charge >= 0.3 is 0 Å². The Hall–Kier alpha value is -6.65. The summed E-state index contributed by atoms with van der Waals surface area (Å²) in [6, 6.07) is 60.5. The smallest absolute Gasteiger partial charge is 0.164 e. The zero-order valence-corrected chi connectivity index (χ0v) is 26.5. The highest BCUT2D eigenvalue weighted by Gasteiger charge is 2.19. The van der Waals surface area contributed by atoms with E-state index in [4.69, 9.17) is 19.4 Å². The van der Waals surface area contributed by atoms with Crippen molar-refractivity contribution in [2.75, 3.05) is 0 Å². The van der Waals surface area contributed by atoms with Crippen LogP contribution >= 0.6 is 0 Å². The fourth-order valence-corrected chi connectivity index (χ4v) is 6.54. The third-order valence-electron chi connectivity index (χ3n) is 8.91. The van der Waals surface area contributed by atoms with E-state index in [1.54, 1.807) is 0 Å². The predicted molar refractivity (Wildman–Crippen MR) is 200 cm³/mol. The van der Waals surface area contributed by atoms with Crippen LogP contribution in [0.2, 0.25) is 0 Å². The van der Waals surface area contributed by atoms with E-state index < -0.39 is 0 Å². The van der Waals surface area contributed by atoms with Crippen molar-refractivity contribution in [1.82, 2.24) is 15.0 Å². The van der Waals surface area contributed by atoms with Gasteiger partial charge in [0.1, 0.15) is 11.2 Å². The van der Waals surface area contributed by atoms with E-state index in [0.29, 0.717) is 17.5 Å². The lowest BCUT2D eigenvalue weighted by Gasteiger charge is -2.13. The number of nitrogens with zero attached hydrogens (tertiary/aromatic N) is 3. The third kappa shape index (κ3) is 5.45. The van der Waals surface area contributed by atoms with E-state index in [0.717, 1.165) is 72.0 Å². The molecule has 0 radical (unpaired) electrons. The van der Waals surface area contributed by atoms with Crippen LogP contribution in [0.5, 0.6) is 0 Å². The van der Waals surface area contributed by atoms with Gasteiger partial charge in [0.25, 0.3) is 0 Å². The molecule has 0 amide bonds. The zero-order chi connectivity index (χ0) is 32.6. The molecule has 2 aromatic heterocycles. The first-order valence-corrected chi connectivity index (χ1v) is 16.4. The highest BCUT2D eigenvalue weighted by atomic mass is 16.3. The van der Waals surface area contributed by atoms with E-state index in [1.807, 2.05) is 48.5 Å². The maximum atomic E-state index is 6.27. The molecule has 0 atom stereocenters. The quantitative estimate of drug-likeness (QED) is 0.184. The second-order valence-electron chi connectivity index (χ2n) is 12.1. The third-order valence-corrected chi connectivity index (χ3v) is 8.91. The van der Waals surface area contributed by atoms with Crippen LogP contribution in [0.15, 0.2) is 180 Å². The molecule has 0 aliphatic heterocycles. The van der Waals surface area contributed by atoms with E-state index in [9.17, 15) is 0 Å². The number of hydrogen-bond donors (Lipinski definition) is 0. The molecule has 0 bridgehead atoms. The summed E-state index contributed by atoms with van der Waals surface area (Å²) in [7, 11) is 0. The van der Waals surface area contributed by atoms with Crippen LogP contribution in [0.3, 0.4) is 0 Å². The Labute approximate surface area is 284 Å². The Morgan fingerprint density at radius 2 is 0.755 bits per heavy atom. The van der Waals surface area contributed by atoms with E-state index in [1.165, 1.54) is 0 Å². The fourth-order valence-electron chi connectivity index (χ4n) is 6.54. The van der Waals surface area contributed by atoms with Gasteiger partial charge in [0.15, 0.2) is 17.5 Å². The summed E-state index contributed by atoms with van der Waals surface area (Å²) < 4.78 is 6.27. The summed E-state index contributed by atoms with van der Waals surface area (Å²) in [5, 5.41) is 2.02. The number of rotatable bonds is 6. The molecule has 0 saturated heterocycles. The molecule has 2 heterocycles. The van der Waals surface area contributed by atoms with Gasteiger partial charge in [-0.25, -0.2) is 15.0 Å². The summed E-state index contributed by atoms with van der Waals surface area (Å²) in [5.74, 6) is 1.80. The average molecular weight is 628 g/mol. The van der Waals surface area contributed by atoms with E-state index >= 15 is 0 Å². The Bertz CT molecular complexity index is 2540. The number of hydrogen-bond acceptors (Lipinski definition) is 4. The van der Waals surface area contributed by atoms with Crippen molar-refractivity contribution in [3.05, 3.63) is 176 Å². The molecule has 0 N–H and O–H groups in total. The topological polar surface area (TPSA) is 51.8 Å². The minimum Gasteiger partial charge on any atom is -0.456 e. The van der Waals surface area contributed by atoms with Crippen molar-refractivity contribution in [1.29, 1.82) is 0 Å². The van der Waals surface area contributed by atoms with Crippen molar-refractivity contribution in [2.24, 2.45) is 0 Å². The summed E-state index contributed by atoms with van der Waals surface area (Å²) in [6.07, 6.45) is 0. The van der Waals surface area contributed by atoms with Gasteiger partial charge in [-0.05, 0) is 69.8 Å². The molecule has 9 rings (SSSR count). The molecule has 230 valence electrons. The summed E-state index contributed by atoms with van der Waals surface area (Å²) in [4.78, 5) is 15.6. The molecule has 4 nitrogen and oxygen atoms in total. The van der Waals surface area contributed by atoms with Crippen molar-refractivity contribution in [3.63, 3.8) is 0 Å². The second kappa shape index (κ2) is 12.2. The minimum absolute atomic E-state index is 0.591. The minimum atomic E-state index is 0.591. The average Bonchev–Trinajstić information content (AvgIpc) is 3.58. The SMILES string of the molecule is c1ccc(-c2cccc(-c3nc(-c4cc(-c5ccccc5)cc(-c5ccccc5)c4)nc(-c4cccc5oc6ccccc6c45)n3)c2)cc1. The number of aromatic nitrogens is 3. The van der Waals surface area contributed by atoms with Crippen LogP contribution in [0, 0.1) is 0 Å².